The topological polar surface area (TPSA) is 64.2 Å². The smallest absolute Gasteiger partial charge is 0.260 e. The van der Waals surface area contributed by atoms with Gasteiger partial charge in [-0.15, -0.1) is 11.3 Å². The second-order valence-corrected chi connectivity index (χ2v) is 7.84. The van der Waals surface area contributed by atoms with Gasteiger partial charge in [0.05, 0.1) is 10.4 Å². The number of ether oxygens (including phenoxy) is 2. The molecular weight excluding hydrogens is 372 g/mol. The molecule has 1 aliphatic heterocycles. The highest BCUT2D eigenvalue weighted by Crippen LogP contribution is 2.35. The number of nitrogens with zero attached hydrogens (tertiary/aromatic N) is 1. The number of halogens is 1. The number of nitrogens with one attached hydrogen (secondary N) is 1. The molecule has 0 bridgehead atoms. The Hall–Kier alpha value is -2.31. The average Bonchev–Trinajstić information content (AvgIpc) is 3.22. The van der Waals surface area contributed by atoms with E-state index in [4.69, 9.17) is 21.1 Å². The first-order valence-electron chi connectivity index (χ1n) is 8.51. The molecule has 1 aromatic carbocycles. The summed E-state index contributed by atoms with van der Waals surface area (Å²) >= 11 is 8.06. The van der Waals surface area contributed by atoms with E-state index in [1.54, 1.807) is 17.4 Å². The molecule has 0 atom stereocenters. The second-order valence-electron chi connectivity index (χ2n) is 6.35. The predicted octanol–water partition coefficient (Wildman–Crippen LogP) is 3.98. The van der Waals surface area contributed by atoms with Gasteiger partial charge in [-0.1, -0.05) is 17.7 Å². The van der Waals surface area contributed by atoms with Crippen LogP contribution in [0.4, 0.5) is 0 Å². The van der Waals surface area contributed by atoms with Crippen LogP contribution in [0.1, 0.15) is 28.2 Å². The van der Waals surface area contributed by atoms with Crippen molar-refractivity contribution in [3.05, 3.63) is 50.4 Å². The van der Waals surface area contributed by atoms with Crippen LogP contribution in [0.2, 0.25) is 0 Å². The maximum absolute atomic E-state index is 12.6. The monoisotopic (exact) mass is 386 g/mol. The van der Waals surface area contributed by atoms with Crippen molar-refractivity contribution >= 4 is 44.3 Å². The van der Waals surface area contributed by atoms with E-state index in [1.807, 2.05) is 18.2 Å². The molecular formula is C19H15ClN2O3S. The Bertz CT molecular complexity index is 1120. The Labute approximate surface area is 158 Å². The molecule has 2 aromatic heterocycles. The van der Waals surface area contributed by atoms with Crippen LogP contribution in [-0.2, 0) is 12.8 Å². The van der Waals surface area contributed by atoms with E-state index < -0.39 is 0 Å². The van der Waals surface area contributed by atoms with E-state index in [0.717, 1.165) is 46.4 Å². The third-order valence-electron chi connectivity index (χ3n) is 4.66. The minimum atomic E-state index is -0.113. The minimum Gasteiger partial charge on any atom is -0.486 e. The number of H-pyrrole nitrogens is 1. The molecule has 0 amide bonds. The van der Waals surface area contributed by atoms with Crippen LogP contribution >= 0.6 is 22.9 Å². The molecule has 1 aliphatic carbocycles. The standard InChI is InChI=1S/C19H15ClN2O3S/c20-12(8-10-4-5-13-14(9-10)25-7-6-24-13)17-21-18(23)16-11-2-1-3-15(11)26-19(16)22-17/h4-5,8-9H,1-3,6-7H2,(H,21,22,23)/b12-8-. The number of aromatic nitrogens is 2. The van der Waals surface area contributed by atoms with Gasteiger partial charge in [0.25, 0.3) is 5.56 Å². The lowest BCUT2D eigenvalue weighted by atomic mass is 10.1. The molecule has 3 heterocycles. The normalized spacial score (nSPS) is 16.1. The Morgan fingerprint density at radius 2 is 2.08 bits per heavy atom. The summed E-state index contributed by atoms with van der Waals surface area (Å²) in [5.41, 5.74) is 1.91. The number of aromatic amines is 1. The number of thiophene rings is 1. The van der Waals surface area contributed by atoms with Crippen LogP contribution in [0.3, 0.4) is 0 Å². The van der Waals surface area contributed by atoms with Crippen LogP contribution in [0.5, 0.6) is 11.5 Å². The summed E-state index contributed by atoms with van der Waals surface area (Å²) in [6.07, 6.45) is 4.88. The molecule has 0 saturated heterocycles. The molecule has 26 heavy (non-hydrogen) atoms. The largest absolute Gasteiger partial charge is 0.486 e. The zero-order valence-electron chi connectivity index (χ0n) is 13.8. The van der Waals surface area contributed by atoms with Gasteiger partial charge >= 0.3 is 0 Å². The fourth-order valence-corrected chi connectivity index (χ4v) is 4.96. The average molecular weight is 387 g/mol. The van der Waals surface area contributed by atoms with Gasteiger partial charge in [-0.3, -0.25) is 4.79 Å². The van der Waals surface area contributed by atoms with E-state index in [9.17, 15) is 4.79 Å². The number of fused-ring (bicyclic) bond motifs is 4. The van der Waals surface area contributed by atoms with E-state index in [1.165, 1.54) is 4.88 Å². The Kier molecular flexibility index (Phi) is 3.76. The first-order valence-corrected chi connectivity index (χ1v) is 9.70. The number of hydrogen-bond donors (Lipinski definition) is 1. The summed E-state index contributed by atoms with van der Waals surface area (Å²) in [7, 11) is 0. The van der Waals surface area contributed by atoms with Gasteiger partial charge in [0.2, 0.25) is 0 Å². The fourth-order valence-electron chi connectivity index (χ4n) is 3.48. The van der Waals surface area contributed by atoms with Crippen molar-refractivity contribution in [2.45, 2.75) is 19.3 Å². The van der Waals surface area contributed by atoms with Crippen molar-refractivity contribution in [1.82, 2.24) is 9.97 Å². The maximum Gasteiger partial charge on any atom is 0.260 e. The van der Waals surface area contributed by atoms with Gasteiger partial charge < -0.3 is 14.5 Å². The van der Waals surface area contributed by atoms with Crippen LogP contribution < -0.4 is 15.0 Å². The van der Waals surface area contributed by atoms with Crippen LogP contribution in [0.25, 0.3) is 21.3 Å². The van der Waals surface area contributed by atoms with Crippen molar-refractivity contribution < 1.29 is 9.47 Å². The molecule has 0 fully saturated rings. The summed E-state index contributed by atoms with van der Waals surface area (Å²) in [6.45, 7) is 1.08. The van der Waals surface area contributed by atoms with E-state index in [-0.39, 0.29) is 5.56 Å². The zero-order valence-corrected chi connectivity index (χ0v) is 15.4. The molecule has 132 valence electrons. The van der Waals surface area contributed by atoms with Crippen molar-refractivity contribution in [3.8, 4) is 11.5 Å². The molecule has 3 aromatic rings. The summed E-state index contributed by atoms with van der Waals surface area (Å²) in [4.78, 5) is 22.0. The molecule has 2 aliphatic rings. The maximum atomic E-state index is 12.6. The number of aryl methyl sites for hydroxylation is 2. The molecule has 0 saturated carbocycles. The van der Waals surface area contributed by atoms with Gasteiger partial charge in [0, 0.05) is 4.88 Å². The van der Waals surface area contributed by atoms with E-state index >= 15 is 0 Å². The highest BCUT2D eigenvalue weighted by molar-refractivity contribution is 7.18. The van der Waals surface area contributed by atoms with Crippen molar-refractivity contribution in [1.29, 1.82) is 0 Å². The molecule has 0 spiro atoms. The van der Waals surface area contributed by atoms with Crippen LogP contribution in [0, 0.1) is 0 Å². The van der Waals surface area contributed by atoms with Gasteiger partial charge in [0.15, 0.2) is 17.3 Å². The summed E-state index contributed by atoms with van der Waals surface area (Å²) in [5, 5.41) is 1.12. The van der Waals surface area contributed by atoms with Gasteiger partial charge in [-0.25, -0.2) is 4.98 Å². The Morgan fingerprint density at radius 3 is 2.96 bits per heavy atom. The highest BCUT2D eigenvalue weighted by Gasteiger charge is 2.21. The number of hydrogen-bond acceptors (Lipinski definition) is 5. The van der Waals surface area contributed by atoms with Crippen molar-refractivity contribution in [2.24, 2.45) is 0 Å². The minimum absolute atomic E-state index is 0.113. The van der Waals surface area contributed by atoms with Crippen molar-refractivity contribution in [3.63, 3.8) is 0 Å². The Balaban J connectivity index is 1.55. The molecule has 0 unspecified atom stereocenters. The first kappa shape index (κ1) is 15.9. The fraction of sp³-hybridized carbons (Fsp3) is 0.263. The molecule has 7 heteroatoms. The summed E-state index contributed by atoms with van der Waals surface area (Å²) in [6, 6.07) is 5.62. The lowest BCUT2D eigenvalue weighted by Gasteiger charge is -2.18. The predicted molar refractivity (Wildman–Crippen MR) is 103 cm³/mol. The molecule has 5 nitrogen and oxygen atoms in total. The summed E-state index contributed by atoms with van der Waals surface area (Å²) in [5.74, 6) is 1.81. The lowest BCUT2D eigenvalue weighted by molar-refractivity contribution is 0.171. The third-order valence-corrected chi connectivity index (χ3v) is 6.13. The number of rotatable bonds is 2. The molecule has 0 radical (unpaired) electrons. The van der Waals surface area contributed by atoms with Crippen LogP contribution in [-0.4, -0.2) is 23.2 Å². The second kappa shape index (κ2) is 6.14. The van der Waals surface area contributed by atoms with Crippen molar-refractivity contribution in [2.75, 3.05) is 13.2 Å². The van der Waals surface area contributed by atoms with E-state index in [2.05, 4.69) is 9.97 Å². The quantitative estimate of drug-likeness (QED) is 0.723. The van der Waals surface area contributed by atoms with Gasteiger partial charge in [-0.2, -0.15) is 0 Å². The Morgan fingerprint density at radius 1 is 1.23 bits per heavy atom. The lowest BCUT2D eigenvalue weighted by Crippen LogP contribution is -2.15. The summed E-state index contributed by atoms with van der Waals surface area (Å²) < 4.78 is 11.1. The third kappa shape index (κ3) is 2.61. The molecule has 1 N–H and O–H groups in total. The van der Waals surface area contributed by atoms with Crippen LogP contribution in [0.15, 0.2) is 23.0 Å². The first-order chi connectivity index (χ1) is 12.7. The van der Waals surface area contributed by atoms with E-state index in [0.29, 0.717) is 29.8 Å². The van der Waals surface area contributed by atoms with Gasteiger partial charge in [0.1, 0.15) is 18.0 Å². The van der Waals surface area contributed by atoms with Gasteiger partial charge in [-0.05, 0) is 48.6 Å². The number of benzene rings is 1. The SMILES string of the molecule is O=c1[nH]c(/C(Cl)=C/c2ccc3c(c2)OCCO3)nc2sc3c(c12)CCC3. The highest BCUT2D eigenvalue weighted by atomic mass is 35.5. The zero-order chi connectivity index (χ0) is 17.7. The molecule has 5 rings (SSSR count).